The maximum absolute atomic E-state index is 12.2. The number of nitrogens with one attached hydrogen (secondary N) is 1. The molecule has 0 amide bonds. The van der Waals surface area contributed by atoms with E-state index in [0.29, 0.717) is 18.1 Å². The number of hydrogen-bond acceptors (Lipinski definition) is 6. The van der Waals surface area contributed by atoms with Crippen molar-refractivity contribution < 1.29 is 9.90 Å². The third-order valence-corrected chi connectivity index (χ3v) is 3.77. The Morgan fingerprint density at radius 2 is 2.09 bits per heavy atom. The van der Waals surface area contributed by atoms with Gasteiger partial charge in [0.05, 0.1) is 5.39 Å². The van der Waals surface area contributed by atoms with Gasteiger partial charge in [0, 0.05) is 45.1 Å². The normalized spacial score (nSPS) is 14.6. The Morgan fingerprint density at radius 1 is 1.39 bits per heavy atom. The van der Waals surface area contributed by atoms with E-state index in [-0.39, 0.29) is 62.3 Å². The van der Waals surface area contributed by atoms with E-state index in [4.69, 9.17) is 5.11 Å². The Balaban J connectivity index is 0.00000192. The second kappa shape index (κ2) is 7.82. The zero-order chi connectivity index (χ0) is 15.7. The summed E-state index contributed by atoms with van der Waals surface area (Å²) in [6.07, 6.45) is 2.78. The molecule has 0 saturated carbocycles. The van der Waals surface area contributed by atoms with Gasteiger partial charge in [-0.3, -0.25) is 4.79 Å². The van der Waals surface area contributed by atoms with Crippen molar-refractivity contribution in [3.05, 3.63) is 28.2 Å². The van der Waals surface area contributed by atoms with Crippen LogP contribution in [0.5, 0.6) is 0 Å². The molecule has 3 heterocycles. The van der Waals surface area contributed by atoms with Crippen molar-refractivity contribution in [2.45, 2.75) is 13.5 Å². The van der Waals surface area contributed by atoms with E-state index in [9.17, 15) is 9.59 Å². The minimum absolute atomic E-state index is 0. The van der Waals surface area contributed by atoms with Crippen molar-refractivity contribution in [1.82, 2.24) is 19.9 Å². The van der Waals surface area contributed by atoms with Crippen molar-refractivity contribution in [2.24, 2.45) is 0 Å². The van der Waals surface area contributed by atoms with Gasteiger partial charge < -0.3 is 19.9 Å². The Kier molecular flexibility index (Phi) is 6.29. The van der Waals surface area contributed by atoms with Crippen LogP contribution in [-0.2, 0) is 6.54 Å². The number of carboxylic acid groups (broad SMARTS) is 1. The summed E-state index contributed by atoms with van der Waals surface area (Å²) in [6.45, 7) is 5.72. The number of hydrogen-bond donors (Lipinski definition) is 2. The molecule has 118 valence electrons. The molecule has 0 atom stereocenters. The predicted octanol–water partition coefficient (Wildman–Crippen LogP) is -0.729. The first-order valence-electron chi connectivity index (χ1n) is 7.21. The summed E-state index contributed by atoms with van der Waals surface area (Å²) >= 11 is 0. The van der Waals surface area contributed by atoms with Crippen molar-refractivity contribution in [3.63, 3.8) is 0 Å². The van der Waals surface area contributed by atoms with Crippen LogP contribution in [0.3, 0.4) is 0 Å². The van der Waals surface area contributed by atoms with Gasteiger partial charge in [-0.25, -0.2) is 9.78 Å². The van der Waals surface area contributed by atoms with Gasteiger partial charge in [-0.2, -0.15) is 4.98 Å². The molecule has 0 unspecified atom stereocenters. The number of anilines is 1. The molecule has 0 bridgehead atoms. The predicted molar refractivity (Wildman–Crippen MR) is 88.7 cm³/mol. The average molecular weight is 343 g/mol. The molecule has 2 aromatic heterocycles. The zero-order valence-electron chi connectivity index (χ0n) is 12.2. The number of aromatic nitrogens is 3. The van der Waals surface area contributed by atoms with Crippen LogP contribution in [0, 0.1) is 0 Å². The van der Waals surface area contributed by atoms with Gasteiger partial charge in [-0.05, 0) is 6.92 Å². The zero-order valence-corrected chi connectivity index (χ0v) is 12.2. The summed E-state index contributed by atoms with van der Waals surface area (Å²) in [4.78, 5) is 34.2. The minimum atomic E-state index is -1.24. The number of nitrogens with zero attached hydrogens (tertiary/aromatic N) is 4. The van der Waals surface area contributed by atoms with Crippen molar-refractivity contribution in [3.8, 4) is 0 Å². The summed E-state index contributed by atoms with van der Waals surface area (Å²) in [5.74, 6) is -0.668. The Morgan fingerprint density at radius 3 is 2.70 bits per heavy atom. The van der Waals surface area contributed by atoms with Gasteiger partial charge in [0.25, 0.3) is 0 Å². The SMILES string of the molecule is CCn1cc(C(=O)O)c(=O)c2cnc(N3CCNCC3)nc21.[KH]. The molecule has 3 rings (SSSR count). The average Bonchev–Trinajstić information content (AvgIpc) is 2.55. The molecule has 0 radical (unpaired) electrons. The number of aromatic carboxylic acids is 1. The van der Waals surface area contributed by atoms with Crippen LogP contribution in [0.15, 0.2) is 17.2 Å². The van der Waals surface area contributed by atoms with Gasteiger partial charge in [-0.1, -0.05) is 0 Å². The number of aryl methyl sites for hydroxylation is 1. The van der Waals surface area contributed by atoms with Crippen LogP contribution in [0.2, 0.25) is 0 Å². The van der Waals surface area contributed by atoms with E-state index in [1.165, 1.54) is 12.4 Å². The fourth-order valence-electron chi connectivity index (χ4n) is 2.57. The van der Waals surface area contributed by atoms with Crippen molar-refractivity contribution in [2.75, 3.05) is 31.1 Å². The van der Waals surface area contributed by atoms with Crippen molar-refractivity contribution in [1.29, 1.82) is 0 Å². The Hall–Kier alpha value is -0.844. The van der Waals surface area contributed by atoms with Crippen LogP contribution >= 0.6 is 0 Å². The van der Waals surface area contributed by atoms with E-state index in [0.717, 1.165) is 26.2 Å². The fourth-order valence-corrected chi connectivity index (χ4v) is 2.57. The molecule has 2 aromatic rings. The topological polar surface area (TPSA) is 100 Å². The molecule has 1 fully saturated rings. The Bertz CT molecular complexity index is 786. The summed E-state index contributed by atoms with van der Waals surface area (Å²) in [6, 6.07) is 0. The van der Waals surface area contributed by atoms with Crippen molar-refractivity contribution >= 4 is 74.3 Å². The second-order valence-electron chi connectivity index (χ2n) is 5.11. The van der Waals surface area contributed by atoms with Gasteiger partial charge >= 0.3 is 57.4 Å². The number of rotatable bonds is 3. The molecule has 0 aromatic carbocycles. The molecule has 0 spiro atoms. The van der Waals surface area contributed by atoms with Crippen LogP contribution < -0.4 is 15.6 Å². The molecule has 2 N–H and O–H groups in total. The number of piperazine rings is 1. The van der Waals surface area contributed by atoms with E-state index in [1.807, 2.05) is 11.8 Å². The monoisotopic (exact) mass is 343 g/mol. The molecular formula is C14H18KN5O3. The van der Waals surface area contributed by atoms with E-state index < -0.39 is 11.4 Å². The molecule has 8 nitrogen and oxygen atoms in total. The maximum atomic E-state index is 12.2. The van der Waals surface area contributed by atoms with Crippen LogP contribution in [0.1, 0.15) is 17.3 Å². The molecule has 1 aliphatic heterocycles. The molecule has 1 saturated heterocycles. The van der Waals surface area contributed by atoms with Crippen LogP contribution in [0.25, 0.3) is 11.0 Å². The molecule has 9 heteroatoms. The molecule has 1 aliphatic rings. The van der Waals surface area contributed by atoms with Gasteiger partial charge in [0.1, 0.15) is 11.2 Å². The summed E-state index contributed by atoms with van der Waals surface area (Å²) in [7, 11) is 0. The molecular weight excluding hydrogens is 325 g/mol. The summed E-state index contributed by atoms with van der Waals surface area (Å²) in [5, 5.41) is 12.6. The van der Waals surface area contributed by atoms with Gasteiger partial charge in [0.15, 0.2) is 0 Å². The number of pyridine rings is 1. The number of carbonyl (C=O) groups is 1. The van der Waals surface area contributed by atoms with E-state index in [2.05, 4.69) is 15.3 Å². The standard InChI is InChI=1S/C14H17N5O3.K.H/c1-2-18-8-10(13(21)22)11(20)9-7-16-14(17-12(9)18)19-5-3-15-4-6-19;;/h7-8,15H,2-6H2,1H3,(H,21,22);;. The first-order chi connectivity index (χ1) is 10.6. The Labute approximate surface area is 175 Å². The van der Waals surface area contributed by atoms with Gasteiger partial charge in [0.2, 0.25) is 11.4 Å². The van der Waals surface area contributed by atoms with E-state index >= 15 is 0 Å². The van der Waals surface area contributed by atoms with E-state index in [1.54, 1.807) is 4.57 Å². The quantitative estimate of drug-likeness (QED) is 0.709. The second-order valence-corrected chi connectivity index (χ2v) is 5.11. The summed E-state index contributed by atoms with van der Waals surface area (Å²) in [5.41, 5.74) is -0.326. The molecule has 0 aliphatic carbocycles. The molecule has 23 heavy (non-hydrogen) atoms. The first-order valence-corrected chi connectivity index (χ1v) is 7.21. The third kappa shape index (κ3) is 3.64. The fraction of sp³-hybridized carbons (Fsp3) is 0.429. The summed E-state index contributed by atoms with van der Waals surface area (Å²) < 4.78 is 1.67. The van der Waals surface area contributed by atoms with Crippen LogP contribution in [0.4, 0.5) is 5.95 Å². The first kappa shape index (κ1) is 18.5. The van der Waals surface area contributed by atoms with Crippen LogP contribution in [-0.4, -0.2) is 103 Å². The number of fused-ring (bicyclic) bond motifs is 1. The van der Waals surface area contributed by atoms with Gasteiger partial charge in [-0.15, -0.1) is 0 Å². The number of carboxylic acids is 1. The third-order valence-electron chi connectivity index (χ3n) is 3.77.